The van der Waals surface area contributed by atoms with E-state index in [1.54, 1.807) is 13.8 Å². The molecular formula is C21H39N3O9. The Hall–Kier alpha value is -3.44. The van der Waals surface area contributed by atoms with Gasteiger partial charge in [-0.15, -0.1) is 0 Å². The molecule has 192 valence electrons. The molecule has 0 aromatic carbocycles. The van der Waals surface area contributed by atoms with Crippen molar-refractivity contribution in [3.05, 3.63) is 12.2 Å². The molecule has 12 heteroatoms. The highest BCUT2D eigenvalue weighted by atomic mass is 16.7. The third-order valence-corrected chi connectivity index (χ3v) is 3.43. The lowest BCUT2D eigenvalue weighted by Gasteiger charge is -2.18. The largest absolute Gasteiger partial charge is 0.442 e. The van der Waals surface area contributed by atoms with E-state index >= 15 is 0 Å². The number of carbonyl (C=O) groups excluding carboxylic acids is 6. The summed E-state index contributed by atoms with van der Waals surface area (Å²) in [5, 5.41) is 4.56. The summed E-state index contributed by atoms with van der Waals surface area (Å²) in [5.41, 5.74) is 0. The van der Waals surface area contributed by atoms with Crippen LogP contribution in [0.5, 0.6) is 0 Å². The molecule has 0 bridgehead atoms. The molecule has 0 atom stereocenters. The monoisotopic (exact) mass is 477 g/mol. The summed E-state index contributed by atoms with van der Waals surface area (Å²) in [6.07, 6.45) is -0.158. The van der Waals surface area contributed by atoms with E-state index in [-0.39, 0.29) is 62.2 Å². The van der Waals surface area contributed by atoms with Gasteiger partial charge in [-0.1, -0.05) is 43.6 Å². The Kier molecular flexibility index (Phi) is 21.5. The molecule has 1 heterocycles. The van der Waals surface area contributed by atoms with Crippen molar-refractivity contribution in [3.63, 3.8) is 0 Å². The first-order valence-corrected chi connectivity index (χ1v) is 8.86. The minimum atomic E-state index is -1.38. The van der Waals surface area contributed by atoms with Crippen LogP contribution < -0.4 is 10.6 Å². The predicted molar refractivity (Wildman–Crippen MR) is 121 cm³/mol. The number of imide groups is 1. The number of ether oxygens (including phenoxy) is 3. The van der Waals surface area contributed by atoms with E-state index in [4.69, 9.17) is 14.2 Å². The van der Waals surface area contributed by atoms with Gasteiger partial charge in [-0.2, -0.15) is 0 Å². The summed E-state index contributed by atoms with van der Waals surface area (Å²) in [5.74, 6) is -2.77. The molecule has 0 spiro atoms. The van der Waals surface area contributed by atoms with Crippen molar-refractivity contribution in [1.29, 1.82) is 0 Å². The Labute approximate surface area is 196 Å². The summed E-state index contributed by atoms with van der Waals surface area (Å²) >= 11 is 0. The predicted octanol–water partition coefficient (Wildman–Crippen LogP) is 1.88. The van der Waals surface area contributed by atoms with Gasteiger partial charge in [0.25, 0.3) is 18.1 Å². The molecule has 0 unspecified atom stereocenters. The molecule has 0 saturated heterocycles. The van der Waals surface area contributed by atoms with E-state index in [1.807, 2.05) is 0 Å². The first-order valence-electron chi connectivity index (χ1n) is 8.86. The molecule has 1 rings (SSSR count). The molecule has 0 aromatic rings. The smallest absolute Gasteiger partial charge is 0.408 e. The fourth-order valence-corrected chi connectivity index (χ4v) is 1.91. The lowest BCUT2D eigenvalue weighted by Crippen LogP contribution is -2.40. The van der Waals surface area contributed by atoms with Crippen molar-refractivity contribution in [2.45, 2.75) is 69.1 Å². The standard InChI is InChI=1S/C17H23N3O9.4CH4/c1-3-14(24)28-16(29-15(25)4-2)9-27-17(26)19-10-18-11(21)7-8-20-12(22)5-6-13(20)23;;;;/h5-6,16H,3-4,7-10H2,1-2H3,(H,18,21)(H,19,26);4*1H4. The average molecular weight is 478 g/mol. The molecule has 1 aliphatic heterocycles. The van der Waals surface area contributed by atoms with Gasteiger partial charge in [0.2, 0.25) is 5.91 Å². The fourth-order valence-electron chi connectivity index (χ4n) is 1.91. The number of alkyl carbamates (subject to hydrolysis) is 1. The van der Waals surface area contributed by atoms with Crippen LogP contribution in [0.4, 0.5) is 4.79 Å². The molecular weight excluding hydrogens is 438 g/mol. The SMILES string of the molecule is C.C.C.C.CCC(=O)OC(COC(=O)NCNC(=O)CCN1C(=O)C=CC1=O)OC(=O)CC. The minimum Gasteiger partial charge on any atom is -0.442 e. The van der Waals surface area contributed by atoms with Crippen LogP contribution in [0, 0.1) is 0 Å². The van der Waals surface area contributed by atoms with Gasteiger partial charge in [0.05, 0.1) is 6.67 Å². The third kappa shape index (κ3) is 14.3. The maximum Gasteiger partial charge on any atom is 0.408 e. The van der Waals surface area contributed by atoms with Gasteiger partial charge < -0.3 is 24.8 Å². The van der Waals surface area contributed by atoms with Crippen LogP contribution in [0.25, 0.3) is 0 Å². The normalized spacial score (nSPS) is 11.2. The van der Waals surface area contributed by atoms with Crippen LogP contribution in [0.3, 0.4) is 0 Å². The van der Waals surface area contributed by atoms with Crippen LogP contribution in [-0.2, 0) is 38.2 Å². The summed E-state index contributed by atoms with van der Waals surface area (Å²) in [7, 11) is 0. The van der Waals surface area contributed by atoms with E-state index in [9.17, 15) is 28.8 Å². The Bertz CT molecular complexity index is 656. The molecule has 0 aliphatic carbocycles. The zero-order valence-corrected chi connectivity index (χ0v) is 16.1. The topological polar surface area (TPSA) is 157 Å². The highest BCUT2D eigenvalue weighted by molar-refractivity contribution is 6.13. The third-order valence-electron chi connectivity index (χ3n) is 3.43. The quantitative estimate of drug-likeness (QED) is 0.257. The number of esters is 2. The first-order chi connectivity index (χ1) is 13.8. The van der Waals surface area contributed by atoms with Crippen molar-refractivity contribution in [3.8, 4) is 0 Å². The summed E-state index contributed by atoms with van der Waals surface area (Å²) in [4.78, 5) is 69.5. The highest BCUT2D eigenvalue weighted by Gasteiger charge is 2.23. The van der Waals surface area contributed by atoms with Gasteiger partial charge >= 0.3 is 18.0 Å². The molecule has 0 radical (unpaired) electrons. The Morgan fingerprint density at radius 3 is 1.82 bits per heavy atom. The number of nitrogens with one attached hydrogen (secondary N) is 2. The molecule has 0 saturated carbocycles. The van der Waals surface area contributed by atoms with Gasteiger partial charge in [0.1, 0.15) is 0 Å². The number of carbonyl (C=O) groups is 6. The van der Waals surface area contributed by atoms with E-state index in [2.05, 4.69) is 10.6 Å². The van der Waals surface area contributed by atoms with Crippen molar-refractivity contribution in [2.75, 3.05) is 19.8 Å². The zero-order chi connectivity index (χ0) is 21.8. The van der Waals surface area contributed by atoms with Crippen molar-refractivity contribution >= 4 is 35.8 Å². The van der Waals surface area contributed by atoms with Crippen molar-refractivity contribution in [2.24, 2.45) is 0 Å². The molecule has 33 heavy (non-hydrogen) atoms. The Balaban J connectivity index is -0.00000105. The average Bonchev–Trinajstić information content (AvgIpc) is 3.01. The van der Waals surface area contributed by atoms with Gasteiger partial charge in [-0.05, 0) is 0 Å². The number of hydrogen-bond acceptors (Lipinski definition) is 9. The number of rotatable bonds is 11. The van der Waals surface area contributed by atoms with E-state index in [0.29, 0.717) is 0 Å². The Morgan fingerprint density at radius 2 is 1.36 bits per heavy atom. The minimum absolute atomic E-state index is 0. The molecule has 4 amide bonds. The van der Waals surface area contributed by atoms with Crippen LogP contribution in [-0.4, -0.2) is 66.8 Å². The van der Waals surface area contributed by atoms with Crippen LogP contribution in [0.15, 0.2) is 12.2 Å². The number of hydrogen-bond donors (Lipinski definition) is 2. The van der Waals surface area contributed by atoms with Crippen molar-refractivity contribution in [1.82, 2.24) is 15.5 Å². The van der Waals surface area contributed by atoms with Gasteiger partial charge in [-0.25, -0.2) is 4.79 Å². The Morgan fingerprint density at radius 1 is 0.879 bits per heavy atom. The second-order valence-corrected chi connectivity index (χ2v) is 5.58. The first kappa shape index (κ1) is 36.9. The molecule has 12 nitrogen and oxygen atoms in total. The number of amides is 4. The maximum atomic E-state index is 11.7. The summed E-state index contributed by atoms with van der Waals surface area (Å²) < 4.78 is 14.5. The number of nitrogens with zero attached hydrogens (tertiary/aromatic N) is 1. The maximum absolute atomic E-state index is 11.7. The molecule has 1 aliphatic rings. The van der Waals surface area contributed by atoms with Gasteiger partial charge in [0, 0.05) is 38.0 Å². The molecule has 0 aromatic heterocycles. The zero-order valence-electron chi connectivity index (χ0n) is 16.1. The second-order valence-electron chi connectivity index (χ2n) is 5.58. The van der Waals surface area contributed by atoms with Crippen molar-refractivity contribution < 1.29 is 43.0 Å². The highest BCUT2D eigenvalue weighted by Crippen LogP contribution is 2.04. The summed E-state index contributed by atoms with van der Waals surface area (Å²) in [6.45, 7) is 2.19. The lowest BCUT2D eigenvalue weighted by atomic mass is 10.3. The molecule has 2 N–H and O–H groups in total. The van der Waals surface area contributed by atoms with Crippen LogP contribution >= 0.6 is 0 Å². The van der Waals surface area contributed by atoms with E-state index in [0.717, 1.165) is 17.1 Å². The van der Waals surface area contributed by atoms with E-state index in [1.165, 1.54) is 0 Å². The lowest BCUT2D eigenvalue weighted by molar-refractivity contribution is -0.193. The second kappa shape index (κ2) is 19.3. The fraction of sp³-hybridized carbons (Fsp3) is 0.619. The summed E-state index contributed by atoms with van der Waals surface area (Å²) in [6, 6.07) is 0. The van der Waals surface area contributed by atoms with Gasteiger partial charge in [0.15, 0.2) is 6.61 Å². The van der Waals surface area contributed by atoms with E-state index < -0.39 is 48.7 Å². The van der Waals surface area contributed by atoms with Crippen LogP contribution in [0.1, 0.15) is 62.8 Å². The van der Waals surface area contributed by atoms with Gasteiger partial charge in [-0.3, -0.25) is 28.9 Å². The van der Waals surface area contributed by atoms with Crippen LogP contribution in [0.2, 0.25) is 0 Å². The molecule has 0 fully saturated rings.